The maximum absolute atomic E-state index is 15.9. The van der Waals surface area contributed by atoms with Crippen LogP contribution < -0.4 is 54.8 Å². The van der Waals surface area contributed by atoms with Gasteiger partial charge < -0.3 is 83.3 Å². The summed E-state index contributed by atoms with van der Waals surface area (Å²) in [5, 5.41) is 16.2. The number of unbranched alkanes of at least 4 members (excludes halogenated alkanes) is 4. The second-order valence-corrected chi connectivity index (χ2v) is 33.5. The fraction of sp³-hybridized carbons (Fsp3) is 0.683. The summed E-state index contributed by atoms with van der Waals surface area (Å²) in [4.78, 5) is 208. The molecule has 0 spiro atoms. The van der Waals surface area contributed by atoms with Crippen LogP contribution in [0.4, 0.5) is 19.2 Å². The minimum absolute atomic E-state index is 0.0530. The van der Waals surface area contributed by atoms with Crippen LogP contribution in [0.2, 0.25) is 0 Å². The zero-order valence-electron chi connectivity index (χ0n) is 71.4. The second-order valence-electron chi connectivity index (χ2n) is 33.5. The average Bonchev–Trinajstić information content (AvgIpc) is 0.812. The molecule has 2 aromatic rings. The van der Waals surface area contributed by atoms with Crippen LogP contribution in [-0.2, 0) is 89.4 Å². The van der Waals surface area contributed by atoms with Crippen molar-refractivity contribution in [3.63, 3.8) is 0 Å². The average molecular weight is 1620 g/mol. The first-order valence-electron chi connectivity index (χ1n) is 40.0. The van der Waals surface area contributed by atoms with Gasteiger partial charge in [0.2, 0.25) is 29.5 Å². The molecule has 0 aliphatic heterocycles. The molecule has 10 atom stereocenters. The highest BCUT2D eigenvalue weighted by molar-refractivity contribution is 6.05. The third kappa shape index (κ3) is 37.9. The van der Waals surface area contributed by atoms with Crippen LogP contribution in [0.5, 0.6) is 0 Å². The normalized spacial score (nSPS) is 14.4. The first kappa shape index (κ1) is 102. The number of carbonyl (C=O) groups excluding carboxylic acids is 14. The molecule has 0 saturated carbocycles. The van der Waals surface area contributed by atoms with E-state index in [0.29, 0.717) is 51.5 Å². The monoisotopic (exact) mass is 1620 g/mol. The summed E-state index contributed by atoms with van der Waals surface area (Å²) >= 11 is 0. The lowest BCUT2D eigenvalue weighted by Crippen LogP contribution is -2.64. The number of rotatable bonds is 45. The van der Waals surface area contributed by atoms with Gasteiger partial charge in [0.25, 0.3) is 17.7 Å². The molecule has 0 fully saturated rings. The van der Waals surface area contributed by atoms with Crippen molar-refractivity contribution >= 4 is 83.6 Å². The number of nitrogens with zero attached hydrogens (tertiary/aromatic N) is 3. The number of benzene rings is 2. The fourth-order valence-corrected chi connectivity index (χ4v) is 11.8. The topological polar surface area (TPSA) is 480 Å². The van der Waals surface area contributed by atoms with Gasteiger partial charge in [-0.05, 0) is 229 Å². The van der Waals surface area contributed by atoms with Gasteiger partial charge in [-0.1, -0.05) is 109 Å². The van der Waals surface area contributed by atoms with Crippen molar-refractivity contribution in [3.8, 4) is 0 Å². The number of hydrogen-bond donors (Lipinski definition) is 10. The number of carbonyl (C=O) groups is 14. The van der Waals surface area contributed by atoms with E-state index < -0.39 is 185 Å². The zero-order valence-corrected chi connectivity index (χ0v) is 71.4. The molecule has 0 aromatic heterocycles. The highest BCUT2D eigenvalue weighted by Gasteiger charge is 2.48. The lowest BCUT2D eigenvalue weighted by atomic mass is 9.94. The van der Waals surface area contributed by atoms with Crippen LogP contribution in [0, 0.1) is 17.8 Å². The van der Waals surface area contributed by atoms with Crippen LogP contribution in [0.1, 0.15) is 233 Å². The van der Waals surface area contributed by atoms with E-state index in [4.69, 9.17) is 51.4 Å². The van der Waals surface area contributed by atoms with Crippen LogP contribution in [-0.4, -0.2) is 208 Å². The molecule has 648 valence electrons. The van der Waals surface area contributed by atoms with E-state index in [1.807, 2.05) is 0 Å². The summed E-state index contributed by atoms with van der Waals surface area (Å²) in [6, 6.07) is 2.41. The van der Waals surface area contributed by atoms with Gasteiger partial charge in [-0.3, -0.25) is 38.4 Å². The van der Waals surface area contributed by atoms with Crippen LogP contribution in [0.25, 0.3) is 0 Å². The summed E-state index contributed by atoms with van der Waals surface area (Å²) in [6.07, 6.45) is -3.67. The Kier molecular flexibility index (Phi) is 43.8. The third-order valence-electron chi connectivity index (χ3n) is 17.6. The molecule has 0 radical (unpaired) electrons. The maximum atomic E-state index is 15.9. The van der Waals surface area contributed by atoms with Crippen LogP contribution >= 0.6 is 0 Å². The molecule has 0 bridgehead atoms. The lowest BCUT2D eigenvalue weighted by Gasteiger charge is -2.37. The van der Waals surface area contributed by atoms with Crippen molar-refractivity contribution < 1.29 is 95.5 Å². The smallest absolute Gasteiger partial charge is 0.417 e. The molecule has 115 heavy (non-hydrogen) atoms. The maximum Gasteiger partial charge on any atom is 0.417 e. The SMILES string of the molecule is CC[C@H](C)[C@@H](C(=O)N[C@@H](CC(C)C)C(=O)N[C@@H](CCCCN)C(=O)N(C(=O)OC(C)(C)C)[C@@H](CCCCN)C(=O)OCC(=O)OC(C)(C)C)N(C(=O)OC(C)(C)C)C(=O)[C@H](CCCCN)NC(=O)[C@@H](NC(=O)[C@H](Cc1ccccc1)NC(=O)[C@H](C)N(C(=O)OC(C)(C)C)C(=O)[C@H](CCCCN)NC(=O)OCc1ccccc1)C(C)C. The van der Waals surface area contributed by atoms with E-state index >= 15 is 33.6 Å². The summed E-state index contributed by atoms with van der Waals surface area (Å²) in [5.41, 5.74) is 20.0. The summed E-state index contributed by atoms with van der Waals surface area (Å²) in [7, 11) is 0. The molecule has 12 amide bonds. The molecule has 0 saturated heterocycles. The number of esters is 2. The van der Waals surface area contributed by atoms with Crippen molar-refractivity contribution in [2.75, 3.05) is 32.8 Å². The van der Waals surface area contributed by atoms with Gasteiger partial charge in [-0.15, -0.1) is 0 Å². The van der Waals surface area contributed by atoms with E-state index in [1.54, 1.807) is 144 Å². The van der Waals surface area contributed by atoms with Gasteiger partial charge >= 0.3 is 36.3 Å². The van der Waals surface area contributed by atoms with E-state index in [0.717, 1.165) is 0 Å². The number of imide groups is 3. The van der Waals surface area contributed by atoms with Crippen LogP contribution in [0.15, 0.2) is 60.7 Å². The quantitative estimate of drug-likeness (QED) is 0.0174. The number of nitrogens with two attached hydrogens (primary N) is 4. The number of alkyl carbamates (subject to hydrolysis) is 1. The fourth-order valence-electron chi connectivity index (χ4n) is 11.8. The minimum Gasteiger partial charge on any atom is -0.457 e. The Morgan fingerprint density at radius 2 is 0.800 bits per heavy atom. The third-order valence-corrected chi connectivity index (χ3v) is 17.6. The van der Waals surface area contributed by atoms with Crippen molar-refractivity contribution in [2.24, 2.45) is 40.7 Å². The van der Waals surface area contributed by atoms with Gasteiger partial charge in [0, 0.05) is 6.42 Å². The largest absolute Gasteiger partial charge is 0.457 e. The first-order valence-corrected chi connectivity index (χ1v) is 40.0. The van der Waals surface area contributed by atoms with Crippen molar-refractivity contribution in [1.82, 2.24) is 46.6 Å². The van der Waals surface area contributed by atoms with Gasteiger partial charge in [0.15, 0.2) is 6.61 Å². The standard InChI is InChI=1S/C82H135N13O20/c1-20-53(6)65(70(101)90-60(47-51(2)3)67(98)87-57(39-27-31-43-83)72(103)94(77(108)114-81(14,15)16)62(42-30-34-46-86)74(105)110-50-63(96)112-79(8,9)10)95(78(109)115-82(17,18)19)73(104)58(40-28-32-44-84)88-69(100)64(52(4)5)92-68(99)61(48-55-35-23-21-24-36-55)89-66(97)54(7)93(76(107)113-80(11,12)13)71(102)59(41-29-33-45-85)91-75(106)111-49-56-37-25-22-26-38-56/h21-26,35-38,51-54,57-62,64-65H,20,27-34,39-50,83-86H2,1-19H3,(H,87,98)(H,88,100)(H,89,97)(H,90,101)(H,91,106)(H,92,99)/t53-,54-,57-,58-,59-,60-,61-,62-,64-,65-/m0/s1. The van der Waals surface area contributed by atoms with E-state index in [-0.39, 0.29) is 103 Å². The molecule has 0 heterocycles. The molecule has 2 rings (SSSR count). The summed E-state index contributed by atoms with van der Waals surface area (Å²) < 4.78 is 33.5. The summed E-state index contributed by atoms with van der Waals surface area (Å²) in [6.45, 7) is 29.3. The molecular formula is C82H135N13O20. The predicted molar refractivity (Wildman–Crippen MR) is 432 cm³/mol. The number of amides is 12. The zero-order chi connectivity index (χ0) is 87.3. The van der Waals surface area contributed by atoms with Crippen LogP contribution in [0.3, 0.4) is 0 Å². The highest BCUT2D eigenvalue weighted by atomic mass is 16.6. The van der Waals surface area contributed by atoms with Crippen molar-refractivity contribution in [3.05, 3.63) is 71.8 Å². The Bertz CT molecular complexity index is 3460. The Morgan fingerprint density at radius 3 is 1.24 bits per heavy atom. The van der Waals surface area contributed by atoms with Crippen molar-refractivity contribution in [2.45, 2.75) is 311 Å². The van der Waals surface area contributed by atoms with Gasteiger partial charge in [-0.25, -0.2) is 43.5 Å². The predicted octanol–water partition coefficient (Wildman–Crippen LogP) is 7.51. The highest BCUT2D eigenvalue weighted by Crippen LogP contribution is 2.26. The Labute approximate surface area is 679 Å². The Balaban J connectivity index is 2.88. The number of hydrogen-bond acceptors (Lipinski definition) is 24. The second kappa shape index (κ2) is 49.5. The van der Waals surface area contributed by atoms with Crippen molar-refractivity contribution in [1.29, 1.82) is 0 Å². The van der Waals surface area contributed by atoms with Gasteiger partial charge in [0.1, 0.15) is 83.4 Å². The van der Waals surface area contributed by atoms with E-state index in [1.165, 1.54) is 48.5 Å². The Hall–Kier alpha value is -9.34. The minimum atomic E-state index is -1.82. The van der Waals surface area contributed by atoms with E-state index in [2.05, 4.69) is 31.9 Å². The molecule has 0 aliphatic carbocycles. The molecule has 33 nitrogen and oxygen atoms in total. The Morgan fingerprint density at radius 1 is 0.409 bits per heavy atom. The molecule has 33 heteroatoms. The van der Waals surface area contributed by atoms with Gasteiger partial charge in [0.05, 0.1) is 0 Å². The molecule has 14 N–H and O–H groups in total. The number of nitrogens with one attached hydrogen (secondary N) is 6. The van der Waals surface area contributed by atoms with E-state index in [9.17, 15) is 33.6 Å². The number of ether oxygens (including phenoxy) is 6. The lowest BCUT2D eigenvalue weighted by molar-refractivity contribution is -0.169. The summed E-state index contributed by atoms with van der Waals surface area (Å²) in [5.74, 6) is -12.5. The first-order chi connectivity index (χ1) is 53.6. The van der Waals surface area contributed by atoms with Gasteiger partial charge in [-0.2, -0.15) is 0 Å². The molecule has 2 aromatic carbocycles. The molecule has 0 aliphatic rings. The molecule has 0 unspecified atom stereocenters. The molecular weight excluding hydrogens is 1490 g/mol.